The summed E-state index contributed by atoms with van der Waals surface area (Å²) in [6.07, 6.45) is 2.32. The molecule has 0 saturated carbocycles. The summed E-state index contributed by atoms with van der Waals surface area (Å²) >= 11 is 0. The van der Waals surface area contributed by atoms with Gasteiger partial charge in [-0.1, -0.05) is 13.8 Å². The lowest BCUT2D eigenvalue weighted by atomic mass is 10.1. The third-order valence-electron chi connectivity index (χ3n) is 1.81. The van der Waals surface area contributed by atoms with Crippen LogP contribution < -0.4 is 4.74 Å². The van der Waals surface area contributed by atoms with E-state index in [0.29, 0.717) is 17.2 Å². The van der Waals surface area contributed by atoms with Gasteiger partial charge in [0.05, 0.1) is 12.8 Å². The molecule has 13 heavy (non-hydrogen) atoms. The Kier molecular flexibility index (Phi) is 3.01. The van der Waals surface area contributed by atoms with Gasteiger partial charge in [-0.2, -0.15) is 0 Å². The molecule has 0 aliphatic rings. The molecule has 1 aromatic heterocycles. The van der Waals surface area contributed by atoms with Crippen molar-refractivity contribution in [1.82, 2.24) is 4.98 Å². The lowest BCUT2D eigenvalue weighted by molar-refractivity contribution is 0.112. The van der Waals surface area contributed by atoms with Crippen molar-refractivity contribution in [3.63, 3.8) is 0 Å². The van der Waals surface area contributed by atoms with Gasteiger partial charge in [0.1, 0.15) is 5.75 Å². The first-order valence-corrected chi connectivity index (χ1v) is 4.18. The molecule has 0 N–H and O–H groups in total. The van der Waals surface area contributed by atoms with Crippen LogP contribution in [-0.2, 0) is 0 Å². The minimum Gasteiger partial charge on any atom is -0.495 e. The molecule has 0 fully saturated rings. The van der Waals surface area contributed by atoms with Crippen LogP contribution in [0.1, 0.15) is 35.8 Å². The standard InChI is InChI=1S/C10H13NO2/c1-7(2)10-9(13-3)4-8(6-12)5-11-10/h4-7H,1-3H3. The average Bonchev–Trinajstić information content (AvgIpc) is 2.16. The van der Waals surface area contributed by atoms with Crippen LogP contribution in [0.4, 0.5) is 0 Å². The summed E-state index contributed by atoms with van der Waals surface area (Å²) in [5.74, 6) is 0.982. The molecular weight excluding hydrogens is 166 g/mol. The van der Waals surface area contributed by atoms with E-state index < -0.39 is 0 Å². The van der Waals surface area contributed by atoms with Gasteiger partial charge in [-0.15, -0.1) is 0 Å². The Morgan fingerprint density at radius 3 is 2.69 bits per heavy atom. The van der Waals surface area contributed by atoms with Gasteiger partial charge in [0.25, 0.3) is 0 Å². The fourth-order valence-electron chi connectivity index (χ4n) is 1.13. The van der Waals surface area contributed by atoms with Crippen LogP contribution in [0, 0.1) is 0 Å². The Bertz CT molecular complexity index is 308. The third kappa shape index (κ3) is 2.05. The SMILES string of the molecule is COc1cc(C=O)cnc1C(C)C. The zero-order valence-corrected chi connectivity index (χ0v) is 8.07. The Balaban J connectivity index is 3.15. The molecule has 0 aliphatic carbocycles. The summed E-state index contributed by atoms with van der Waals surface area (Å²) in [5.41, 5.74) is 1.43. The fourth-order valence-corrected chi connectivity index (χ4v) is 1.13. The van der Waals surface area contributed by atoms with Crippen molar-refractivity contribution in [3.8, 4) is 5.75 Å². The number of hydrogen-bond donors (Lipinski definition) is 0. The largest absolute Gasteiger partial charge is 0.495 e. The van der Waals surface area contributed by atoms with E-state index in [0.717, 1.165) is 12.0 Å². The van der Waals surface area contributed by atoms with Crippen molar-refractivity contribution < 1.29 is 9.53 Å². The number of aldehydes is 1. The van der Waals surface area contributed by atoms with E-state index in [1.807, 2.05) is 13.8 Å². The first kappa shape index (κ1) is 9.71. The highest BCUT2D eigenvalue weighted by Gasteiger charge is 2.08. The fraction of sp³-hybridized carbons (Fsp3) is 0.400. The summed E-state index contributed by atoms with van der Waals surface area (Å²) < 4.78 is 5.13. The van der Waals surface area contributed by atoms with Crippen LogP contribution >= 0.6 is 0 Å². The Morgan fingerprint density at radius 2 is 2.23 bits per heavy atom. The summed E-state index contributed by atoms with van der Waals surface area (Å²) in [7, 11) is 1.58. The van der Waals surface area contributed by atoms with Crippen LogP contribution in [0.2, 0.25) is 0 Å². The zero-order valence-electron chi connectivity index (χ0n) is 8.07. The third-order valence-corrected chi connectivity index (χ3v) is 1.81. The monoisotopic (exact) mass is 179 g/mol. The molecule has 0 amide bonds. The summed E-state index contributed by atoms with van der Waals surface area (Å²) in [4.78, 5) is 14.6. The van der Waals surface area contributed by atoms with E-state index in [2.05, 4.69) is 4.98 Å². The molecular formula is C10H13NO2. The molecule has 0 radical (unpaired) electrons. The lowest BCUT2D eigenvalue weighted by Crippen LogP contribution is -1.99. The normalized spacial score (nSPS) is 10.2. The van der Waals surface area contributed by atoms with Crippen LogP contribution in [0.15, 0.2) is 12.3 Å². The lowest BCUT2D eigenvalue weighted by Gasteiger charge is -2.10. The number of ether oxygens (including phenoxy) is 1. The molecule has 3 heteroatoms. The molecule has 0 bridgehead atoms. The van der Waals surface area contributed by atoms with Crippen LogP contribution in [-0.4, -0.2) is 18.4 Å². The van der Waals surface area contributed by atoms with Gasteiger partial charge in [-0.25, -0.2) is 0 Å². The quantitative estimate of drug-likeness (QED) is 0.666. The number of rotatable bonds is 3. The van der Waals surface area contributed by atoms with Crippen molar-refractivity contribution in [2.24, 2.45) is 0 Å². The van der Waals surface area contributed by atoms with Gasteiger partial charge in [0.2, 0.25) is 0 Å². The number of carbonyl (C=O) groups is 1. The highest BCUT2D eigenvalue weighted by molar-refractivity contribution is 5.75. The van der Waals surface area contributed by atoms with Gasteiger partial charge >= 0.3 is 0 Å². The van der Waals surface area contributed by atoms with Gasteiger partial charge in [-0.3, -0.25) is 9.78 Å². The van der Waals surface area contributed by atoms with Gasteiger partial charge < -0.3 is 4.74 Å². The topological polar surface area (TPSA) is 39.2 Å². The van der Waals surface area contributed by atoms with Crippen LogP contribution in [0.3, 0.4) is 0 Å². The molecule has 1 heterocycles. The predicted octanol–water partition coefficient (Wildman–Crippen LogP) is 2.03. The molecule has 3 nitrogen and oxygen atoms in total. The maximum atomic E-state index is 10.5. The summed E-state index contributed by atoms with van der Waals surface area (Å²) in [6.45, 7) is 4.07. The second-order valence-corrected chi connectivity index (χ2v) is 3.13. The molecule has 0 aliphatic heterocycles. The number of carbonyl (C=O) groups excluding carboxylic acids is 1. The number of aromatic nitrogens is 1. The highest BCUT2D eigenvalue weighted by atomic mass is 16.5. The highest BCUT2D eigenvalue weighted by Crippen LogP contribution is 2.23. The molecule has 0 spiro atoms. The molecule has 0 atom stereocenters. The number of methoxy groups -OCH3 is 1. The van der Waals surface area contributed by atoms with E-state index in [-0.39, 0.29) is 0 Å². The molecule has 0 saturated heterocycles. The van der Waals surface area contributed by atoms with Gasteiger partial charge in [0.15, 0.2) is 6.29 Å². The van der Waals surface area contributed by atoms with Crippen molar-refractivity contribution >= 4 is 6.29 Å². The maximum Gasteiger partial charge on any atom is 0.151 e. The van der Waals surface area contributed by atoms with E-state index in [1.54, 1.807) is 19.4 Å². The van der Waals surface area contributed by atoms with E-state index in [4.69, 9.17) is 4.74 Å². The van der Waals surface area contributed by atoms with Crippen LogP contribution in [0.25, 0.3) is 0 Å². The second-order valence-electron chi connectivity index (χ2n) is 3.13. The first-order valence-electron chi connectivity index (χ1n) is 4.18. The van der Waals surface area contributed by atoms with Crippen molar-refractivity contribution in [3.05, 3.63) is 23.5 Å². The number of nitrogens with zero attached hydrogens (tertiary/aromatic N) is 1. The van der Waals surface area contributed by atoms with Crippen molar-refractivity contribution in [2.45, 2.75) is 19.8 Å². The Morgan fingerprint density at radius 1 is 1.54 bits per heavy atom. The van der Waals surface area contributed by atoms with Crippen molar-refractivity contribution in [1.29, 1.82) is 0 Å². The second kappa shape index (κ2) is 4.03. The minimum absolute atomic E-state index is 0.302. The Labute approximate surface area is 77.8 Å². The van der Waals surface area contributed by atoms with E-state index in [1.165, 1.54) is 0 Å². The summed E-state index contributed by atoms with van der Waals surface area (Å²) in [5, 5.41) is 0. The van der Waals surface area contributed by atoms with Gasteiger partial charge in [-0.05, 0) is 12.0 Å². The number of hydrogen-bond acceptors (Lipinski definition) is 3. The minimum atomic E-state index is 0.302. The Hall–Kier alpha value is -1.38. The van der Waals surface area contributed by atoms with Crippen LogP contribution in [0.5, 0.6) is 5.75 Å². The number of pyridine rings is 1. The first-order chi connectivity index (χ1) is 6.19. The predicted molar refractivity (Wildman–Crippen MR) is 50.3 cm³/mol. The molecule has 0 unspecified atom stereocenters. The molecule has 1 aromatic rings. The maximum absolute atomic E-state index is 10.5. The summed E-state index contributed by atoms with van der Waals surface area (Å²) in [6, 6.07) is 1.70. The van der Waals surface area contributed by atoms with Crippen molar-refractivity contribution in [2.75, 3.05) is 7.11 Å². The van der Waals surface area contributed by atoms with E-state index in [9.17, 15) is 4.79 Å². The average molecular weight is 179 g/mol. The smallest absolute Gasteiger partial charge is 0.151 e. The zero-order chi connectivity index (χ0) is 9.84. The molecule has 70 valence electrons. The molecule has 1 rings (SSSR count). The molecule has 0 aromatic carbocycles. The van der Waals surface area contributed by atoms with E-state index >= 15 is 0 Å². The van der Waals surface area contributed by atoms with Gasteiger partial charge in [0, 0.05) is 11.8 Å².